The molecule has 2 heterocycles. The van der Waals surface area contributed by atoms with Crippen molar-refractivity contribution in [3.8, 4) is 5.75 Å². The van der Waals surface area contributed by atoms with Crippen molar-refractivity contribution in [3.05, 3.63) is 75.6 Å². The molecule has 0 spiro atoms. The number of aromatic nitrogens is 2. The molecule has 0 atom stereocenters. The Morgan fingerprint density at radius 3 is 2.76 bits per heavy atom. The summed E-state index contributed by atoms with van der Waals surface area (Å²) < 4.78 is 25.0. The summed E-state index contributed by atoms with van der Waals surface area (Å²) in [5.41, 5.74) is 1.48. The van der Waals surface area contributed by atoms with E-state index in [4.69, 9.17) is 9.47 Å². The minimum Gasteiger partial charge on any atom is -0.494 e. The quantitative estimate of drug-likeness (QED) is 0.682. The zero-order valence-corrected chi connectivity index (χ0v) is 13.7. The lowest BCUT2D eigenvalue weighted by atomic mass is 10.2. The average molecular weight is 342 g/mol. The van der Waals surface area contributed by atoms with Crippen molar-refractivity contribution < 1.29 is 18.7 Å². The maximum Gasteiger partial charge on any atom is 0.338 e. The molecule has 6 nitrogen and oxygen atoms in total. The lowest BCUT2D eigenvalue weighted by Crippen LogP contribution is -2.17. The highest BCUT2D eigenvalue weighted by molar-refractivity contribution is 5.89. The Kier molecular flexibility index (Phi) is 4.47. The van der Waals surface area contributed by atoms with Crippen LogP contribution in [0, 0.1) is 12.7 Å². The summed E-state index contributed by atoms with van der Waals surface area (Å²) >= 11 is 0. The number of carbonyl (C=O) groups is 1. The molecule has 0 radical (unpaired) electrons. The van der Waals surface area contributed by atoms with E-state index < -0.39 is 11.8 Å². The van der Waals surface area contributed by atoms with Crippen LogP contribution in [0.3, 0.4) is 0 Å². The number of rotatable bonds is 4. The highest BCUT2D eigenvalue weighted by atomic mass is 19.1. The number of carbonyl (C=O) groups excluding carboxylic acids is 1. The van der Waals surface area contributed by atoms with Gasteiger partial charge in [0.15, 0.2) is 11.6 Å². The smallest absolute Gasteiger partial charge is 0.338 e. The van der Waals surface area contributed by atoms with E-state index >= 15 is 0 Å². The standard InChI is InChI=1S/C18H15FN2O4/c1-11-3-6-16-20-13(8-17(22)21(16)9-11)10-25-18(23)12-4-5-15(24-2)14(19)7-12/h3-9H,10H2,1-2H3. The van der Waals surface area contributed by atoms with Crippen molar-refractivity contribution in [2.24, 2.45) is 0 Å². The van der Waals surface area contributed by atoms with Gasteiger partial charge in [-0.25, -0.2) is 14.2 Å². The van der Waals surface area contributed by atoms with Gasteiger partial charge in [0, 0.05) is 12.3 Å². The Morgan fingerprint density at radius 2 is 2.04 bits per heavy atom. The fourth-order valence-corrected chi connectivity index (χ4v) is 2.35. The van der Waals surface area contributed by atoms with Gasteiger partial charge >= 0.3 is 5.97 Å². The van der Waals surface area contributed by atoms with E-state index in [1.54, 1.807) is 12.3 Å². The number of hydrogen-bond acceptors (Lipinski definition) is 5. The second kappa shape index (κ2) is 6.72. The molecule has 7 heteroatoms. The Labute approximate surface area is 142 Å². The fourth-order valence-electron chi connectivity index (χ4n) is 2.35. The number of ether oxygens (including phenoxy) is 2. The van der Waals surface area contributed by atoms with Crippen LogP contribution < -0.4 is 10.3 Å². The third-order valence-electron chi connectivity index (χ3n) is 3.60. The van der Waals surface area contributed by atoms with Gasteiger partial charge < -0.3 is 9.47 Å². The number of nitrogens with zero attached hydrogens (tertiary/aromatic N) is 2. The van der Waals surface area contributed by atoms with Gasteiger partial charge in [0.2, 0.25) is 0 Å². The first-order valence-corrected chi connectivity index (χ1v) is 7.47. The van der Waals surface area contributed by atoms with Crippen LogP contribution in [-0.4, -0.2) is 22.5 Å². The number of halogens is 1. The number of methoxy groups -OCH3 is 1. The van der Waals surface area contributed by atoms with Crippen molar-refractivity contribution >= 4 is 11.6 Å². The summed E-state index contributed by atoms with van der Waals surface area (Å²) in [7, 11) is 1.34. The van der Waals surface area contributed by atoms with E-state index in [0.717, 1.165) is 11.6 Å². The molecule has 0 aliphatic rings. The van der Waals surface area contributed by atoms with Gasteiger partial charge in [-0.3, -0.25) is 9.20 Å². The Hall–Kier alpha value is -3.22. The van der Waals surface area contributed by atoms with Crippen molar-refractivity contribution in [1.29, 1.82) is 0 Å². The SMILES string of the molecule is COc1ccc(C(=O)OCc2cc(=O)n3cc(C)ccc3n2)cc1F. The fraction of sp³-hybridized carbons (Fsp3) is 0.167. The number of pyridine rings is 1. The van der Waals surface area contributed by atoms with Crippen LogP contribution in [0.2, 0.25) is 0 Å². The predicted octanol–water partition coefficient (Wildman–Crippen LogP) is 2.51. The van der Waals surface area contributed by atoms with Gasteiger partial charge in [-0.05, 0) is 36.8 Å². The molecule has 0 saturated carbocycles. The van der Waals surface area contributed by atoms with Crippen molar-refractivity contribution in [1.82, 2.24) is 9.38 Å². The normalized spacial score (nSPS) is 10.7. The van der Waals surface area contributed by atoms with Crippen LogP contribution in [0.25, 0.3) is 5.65 Å². The van der Waals surface area contributed by atoms with Crippen LogP contribution in [0.4, 0.5) is 4.39 Å². The van der Waals surface area contributed by atoms with Crippen LogP contribution in [0.5, 0.6) is 5.75 Å². The van der Waals surface area contributed by atoms with Gasteiger partial charge in [-0.2, -0.15) is 0 Å². The molecule has 0 saturated heterocycles. The molecular weight excluding hydrogens is 327 g/mol. The van der Waals surface area contributed by atoms with E-state index in [0.29, 0.717) is 11.3 Å². The summed E-state index contributed by atoms with van der Waals surface area (Å²) in [5, 5.41) is 0. The molecule has 3 aromatic rings. The zero-order chi connectivity index (χ0) is 18.0. The van der Waals surface area contributed by atoms with Crippen LogP contribution in [-0.2, 0) is 11.3 Å². The van der Waals surface area contributed by atoms with Gasteiger partial charge in [-0.15, -0.1) is 0 Å². The number of fused-ring (bicyclic) bond motifs is 1. The van der Waals surface area contributed by atoms with E-state index in [-0.39, 0.29) is 23.5 Å². The Balaban J connectivity index is 1.78. The molecule has 0 aliphatic carbocycles. The molecule has 2 aromatic heterocycles. The van der Waals surface area contributed by atoms with Gasteiger partial charge in [0.1, 0.15) is 12.3 Å². The molecule has 0 aliphatic heterocycles. The van der Waals surface area contributed by atoms with Crippen LogP contribution >= 0.6 is 0 Å². The summed E-state index contributed by atoms with van der Waals surface area (Å²) in [6.07, 6.45) is 1.68. The number of benzene rings is 1. The maximum absolute atomic E-state index is 13.6. The largest absolute Gasteiger partial charge is 0.494 e. The number of hydrogen-bond donors (Lipinski definition) is 0. The number of esters is 1. The minimum absolute atomic E-state index is 0.0380. The van der Waals surface area contributed by atoms with Crippen molar-refractivity contribution in [2.75, 3.05) is 7.11 Å². The Morgan fingerprint density at radius 1 is 1.24 bits per heavy atom. The van der Waals surface area contributed by atoms with E-state index in [1.165, 1.54) is 29.7 Å². The van der Waals surface area contributed by atoms with E-state index in [9.17, 15) is 14.0 Å². The molecule has 3 rings (SSSR count). The number of aryl methyl sites for hydroxylation is 1. The van der Waals surface area contributed by atoms with Crippen LogP contribution in [0.15, 0.2) is 47.4 Å². The highest BCUT2D eigenvalue weighted by Crippen LogP contribution is 2.18. The van der Waals surface area contributed by atoms with Gasteiger partial charge in [0.25, 0.3) is 5.56 Å². The molecule has 0 fully saturated rings. The lowest BCUT2D eigenvalue weighted by Gasteiger charge is -2.07. The third-order valence-corrected chi connectivity index (χ3v) is 3.60. The zero-order valence-electron chi connectivity index (χ0n) is 13.7. The molecule has 128 valence electrons. The molecule has 25 heavy (non-hydrogen) atoms. The monoisotopic (exact) mass is 342 g/mol. The molecule has 0 unspecified atom stereocenters. The Bertz CT molecular complexity index is 1010. The molecule has 0 amide bonds. The van der Waals surface area contributed by atoms with Crippen molar-refractivity contribution in [3.63, 3.8) is 0 Å². The third kappa shape index (κ3) is 3.50. The summed E-state index contributed by atoms with van der Waals surface area (Å²) in [5.74, 6) is -1.34. The van der Waals surface area contributed by atoms with E-state index in [2.05, 4.69) is 4.98 Å². The van der Waals surface area contributed by atoms with E-state index in [1.807, 2.05) is 13.0 Å². The lowest BCUT2D eigenvalue weighted by molar-refractivity contribution is 0.0467. The molecular formula is C18H15FN2O4. The first kappa shape index (κ1) is 16.6. The average Bonchev–Trinajstić information content (AvgIpc) is 2.60. The minimum atomic E-state index is -0.715. The topological polar surface area (TPSA) is 69.9 Å². The van der Waals surface area contributed by atoms with Gasteiger partial charge in [0.05, 0.1) is 18.4 Å². The maximum atomic E-state index is 13.6. The summed E-state index contributed by atoms with van der Waals surface area (Å²) in [6.45, 7) is 1.68. The first-order valence-electron chi connectivity index (χ1n) is 7.47. The van der Waals surface area contributed by atoms with Crippen LogP contribution in [0.1, 0.15) is 21.6 Å². The molecule has 0 N–H and O–H groups in total. The molecule has 0 bridgehead atoms. The van der Waals surface area contributed by atoms with Crippen molar-refractivity contribution in [2.45, 2.75) is 13.5 Å². The summed E-state index contributed by atoms with van der Waals surface area (Å²) in [6, 6.07) is 8.62. The molecule has 1 aromatic carbocycles. The first-order chi connectivity index (χ1) is 12.0. The predicted molar refractivity (Wildman–Crippen MR) is 88.3 cm³/mol. The summed E-state index contributed by atoms with van der Waals surface area (Å²) in [4.78, 5) is 28.4. The van der Waals surface area contributed by atoms with Gasteiger partial charge in [-0.1, -0.05) is 6.07 Å². The second-order valence-electron chi connectivity index (χ2n) is 5.45. The highest BCUT2D eigenvalue weighted by Gasteiger charge is 2.12. The second-order valence-corrected chi connectivity index (χ2v) is 5.45.